The second kappa shape index (κ2) is 10.3. The van der Waals surface area contributed by atoms with Crippen LogP contribution in [0.2, 0.25) is 0 Å². The van der Waals surface area contributed by atoms with Gasteiger partial charge in [0.15, 0.2) is 9.84 Å². The van der Waals surface area contributed by atoms with Gasteiger partial charge in [-0.15, -0.1) is 0 Å². The monoisotopic (exact) mass is 526 g/mol. The van der Waals surface area contributed by atoms with Crippen molar-refractivity contribution in [2.75, 3.05) is 18.1 Å². The lowest BCUT2D eigenvalue weighted by molar-refractivity contribution is -0.121. The number of carbonyl (C=O) groups is 2. The van der Waals surface area contributed by atoms with Gasteiger partial charge in [0.2, 0.25) is 5.91 Å². The first-order valence-corrected chi connectivity index (χ1v) is 14.7. The maximum absolute atomic E-state index is 14.4. The van der Waals surface area contributed by atoms with Crippen molar-refractivity contribution in [3.63, 3.8) is 0 Å². The standard InChI is InChI=1S/C28H31FN2O5S/c29-22-8-4-7-20(13-22)27-26(19-5-2-1-3-6-19)23-10-9-21(28(33)34)14-24(23)31(27)16-25(32)30-15-18-11-12-37(35,36)17-18/h4,7-10,13-14,18-19H,1-3,5-6,11-12,15-17H2,(H,30,32)(H,33,34). The molecule has 0 bridgehead atoms. The molecule has 1 aromatic heterocycles. The Balaban J connectivity index is 1.59. The summed E-state index contributed by atoms with van der Waals surface area (Å²) in [5.41, 5.74) is 3.15. The summed E-state index contributed by atoms with van der Waals surface area (Å²) in [5.74, 6) is -1.43. The molecule has 1 atom stereocenters. The fraction of sp³-hybridized carbons (Fsp3) is 0.429. The Kier molecular flexibility index (Phi) is 7.07. The predicted molar refractivity (Wildman–Crippen MR) is 140 cm³/mol. The molecular weight excluding hydrogens is 495 g/mol. The molecule has 1 saturated carbocycles. The van der Waals surface area contributed by atoms with Crippen molar-refractivity contribution in [1.29, 1.82) is 0 Å². The summed E-state index contributed by atoms with van der Waals surface area (Å²) < 4.78 is 39.8. The number of aromatic nitrogens is 1. The molecule has 1 unspecified atom stereocenters. The lowest BCUT2D eigenvalue weighted by Crippen LogP contribution is -2.32. The number of sulfone groups is 1. The van der Waals surface area contributed by atoms with Crippen LogP contribution in [0.4, 0.5) is 4.39 Å². The van der Waals surface area contributed by atoms with Gasteiger partial charge in [-0.2, -0.15) is 0 Å². The molecule has 7 nitrogen and oxygen atoms in total. The number of rotatable bonds is 7. The molecule has 5 rings (SSSR count). The van der Waals surface area contributed by atoms with Crippen LogP contribution in [-0.4, -0.2) is 48.0 Å². The van der Waals surface area contributed by atoms with Gasteiger partial charge in [-0.05, 0) is 60.9 Å². The Morgan fingerprint density at radius 1 is 1.05 bits per heavy atom. The van der Waals surface area contributed by atoms with Crippen LogP contribution in [-0.2, 0) is 21.2 Å². The maximum Gasteiger partial charge on any atom is 0.335 e. The van der Waals surface area contributed by atoms with E-state index in [0.29, 0.717) is 17.5 Å². The number of hydrogen-bond acceptors (Lipinski definition) is 4. The topological polar surface area (TPSA) is 105 Å². The Bertz CT molecular complexity index is 1460. The van der Waals surface area contributed by atoms with Gasteiger partial charge < -0.3 is 15.0 Å². The van der Waals surface area contributed by atoms with Gasteiger partial charge in [0.05, 0.1) is 28.3 Å². The Morgan fingerprint density at radius 3 is 2.51 bits per heavy atom. The summed E-state index contributed by atoms with van der Waals surface area (Å²) in [6.45, 7) is 0.181. The highest BCUT2D eigenvalue weighted by Crippen LogP contribution is 2.44. The SMILES string of the molecule is O=C(Cn1c(-c2cccc(F)c2)c(C2CCCCC2)c2ccc(C(=O)O)cc21)NCC1CCS(=O)(=O)C1. The van der Waals surface area contributed by atoms with Gasteiger partial charge in [-0.25, -0.2) is 17.6 Å². The van der Waals surface area contributed by atoms with Crippen molar-refractivity contribution in [3.8, 4) is 11.3 Å². The molecule has 1 amide bonds. The van der Waals surface area contributed by atoms with Crippen LogP contribution in [0.15, 0.2) is 42.5 Å². The smallest absolute Gasteiger partial charge is 0.335 e. The Labute approximate surface area is 215 Å². The molecule has 2 heterocycles. The number of carboxylic acid groups (broad SMARTS) is 1. The highest BCUT2D eigenvalue weighted by Gasteiger charge is 2.30. The minimum absolute atomic E-state index is 0.0715. The molecule has 1 saturated heterocycles. The molecule has 1 aliphatic heterocycles. The number of carbonyl (C=O) groups excluding carboxylic acids is 1. The van der Waals surface area contributed by atoms with E-state index in [2.05, 4.69) is 5.32 Å². The minimum Gasteiger partial charge on any atom is -0.478 e. The average molecular weight is 527 g/mol. The van der Waals surface area contributed by atoms with E-state index in [1.165, 1.54) is 12.1 Å². The van der Waals surface area contributed by atoms with Gasteiger partial charge in [0.1, 0.15) is 12.4 Å². The number of carboxylic acids is 1. The predicted octanol–water partition coefficient (Wildman–Crippen LogP) is 4.74. The molecule has 2 N–H and O–H groups in total. The first kappa shape index (κ1) is 25.4. The van der Waals surface area contributed by atoms with Gasteiger partial charge in [0, 0.05) is 17.5 Å². The highest BCUT2D eigenvalue weighted by atomic mass is 32.2. The van der Waals surface area contributed by atoms with Crippen molar-refractivity contribution < 1.29 is 27.5 Å². The molecule has 0 radical (unpaired) electrons. The van der Waals surface area contributed by atoms with E-state index < -0.39 is 15.8 Å². The zero-order valence-electron chi connectivity index (χ0n) is 20.6. The molecule has 37 heavy (non-hydrogen) atoms. The van der Waals surface area contributed by atoms with Crippen molar-refractivity contribution >= 4 is 32.6 Å². The van der Waals surface area contributed by atoms with E-state index in [9.17, 15) is 27.5 Å². The van der Waals surface area contributed by atoms with E-state index in [0.717, 1.165) is 48.7 Å². The molecule has 196 valence electrons. The molecule has 3 aromatic rings. The Morgan fingerprint density at radius 2 is 1.84 bits per heavy atom. The number of nitrogens with zero attached hydrogens (tertiary/aromatic N) is 1. The fourth-order valence-electron chi connectivity index (χ4n) is 5.92. The minimum atomic E-state index is -3.05. The van der Waals surface area contributed by atoms with E-state index in [1.807, 2.05) is 12.1 Å². The van der Waals surface area contributed by atoms with Gasteiger partial charge >= 0.3 is 5.97 Å². The van der Waals surface area contributed by atoms with Gasteiger partial charge in [0.25, 0.3) is 0 Å². The summed E-state index contributed by atoms with van der Waals surface area (Å²) in [4.78, 5) is 25.0. The molecule has 0 spiro atoms. The average Bonchev–Trinajstić information content (AvgIpc) is 3.39. The van der Waals surface area contributed by atoms with E-state index >= 15 is 0 Å². The number of nitrogens with one attached hydrogen (secondary N) is 1. The lowest BCUT2D eigenvalue weighted by Gasteiger charge is -2.24. The van der Waals surface area contributed by atoms with Gasteiger partial charge in [-0.3, -0.25) is 4.79 Å². The quantitative estimate of drug-likeness (QED) is 0.463. The first-order valence-electron chi connectivity index (χ1n) is 12.8. The Hall–Kier alpha value is -3.20. The number of halogens is 1. The lowest BCUT2D eigenvalue weighted by atomic mass is 9.82. The second-order valence-electron chi connectivity index (χ2n) is 10.3. The fourth-order valence-corrected chi connectivity index (χ4v) is 7.78. The zero-order valence-corrected chi connectivity index (χ0v) is 21.4. The van der Waals surface area contributed by atoms with Crippen LogP contribution in [0.5, 0.6) is 0 Å². The molecule has 9 heteroatoms. The van der Waals surface area contributed by atoms with E-state index in [4.69, 9.17) is 0 Å². The largest absolute Gasteiger partial charge is 0.478 e. The number of aromatic carboxylic acids is 1. The number of hydrogen-bond donors (Lipinski definition) is 2. The zero-order chi connectivity index (χ0) is 26.2. The van der Waals surface area contributed by atoms with Crippen molar-refractivity contribution in [2.24, 2.45) is 5.92 Å². The third-order valence-electron chi connectivity index (χ3n) is 7.68. The van der Waals surface area contributed by atoms with E-state index in [-0.39, 0.29) is 53.7 Å². The normalized spacial score (nSPS) is 19.8. The van der Waals surface area contributed by atoms with Crippen LogP contribution in [0, 0.1) is 11.7 Å². The number of amides is 1. The molecule has 1 aliphatic carbocycles. The van der Waals surface area contributed by atoms with Crippen molar-refractivity contribution in [2.45, 2.75) is 51.0 Å². The summed E-state index contributed by atoms with van der Waals surface area (Å²) >= 11 is 0. The second-order valence-corrected chi connectivity index (χ2v) is 12.5. The third-order valence-corrected chi connectivity index (χ3v) is 9.52. The molecular formula is C28H31FN2O5S. The van der Waals surface area contributed by atoms with Gasteiger partial charge in [-0.1, -0.05) is 37.5 Å². The molecule has 2 fully saturated rings. The molecule has 2 aliphatic rings. The third kappa shape index (κ3) is 5.42. The van der Waals surface area contributed by atoms with Crippen LogP contribution in [0.25, 0.3) is 22.2 Å². The first-order chi connectivity index (χ1) is 17.7. The highest BCUT2D eigenvalue weighted by molar-refractivity contribution is 7.91. The van der Waals surface area contributed by atoms with E-state index in [1.54, 1.807) is 22.8 Å². The molecule has 2 aromatic carbocycles. The maximum atomic E-state index is 14.4. The summed E-state index contributed by atoms with van der Waals surface area (Å²) in [6, 6.07) is 11.3. The number of benzene rings is 2. The summed E-state index contributed by atoms with van der Waals surface area (Å²) in [5, 5.41) is 13.4. The van der Waals surface area contributed by atoms with Crippen LogP contribution in [0.1, 0.15) is 60.4 Å². The summed E-state index contributed by atoms with van der Waals surface area (Å²) in [6.07, 6.45) is 5.80. The number of fused-ring (bicyclic) bond motifs is 1. The van der Waals surface area contributed by atoms with Crippen LogP contribution < -0.4 is 5.32 Å². The van der Waals surface area contributed by atoms with Crippen LogP contribution >= 0.6 is 0 Å². The van der Waals surface area contributed by atoms with Crippen molar-refractivity contribution in [3.05, 3.63) is 59.4 Å². The van der Waals surface area contributed by atoms with Crippen LogP contribution in [0.3, 0.4) is 0 Å². The van der Waals surface area contributed by atoms with Crippen molar-refractivity contribution in [1.82, 2.24) is 9.88 Å². The summed E-state index contributed by atoms with van der Waals surface area (Å²) in [7, 11) is -3.05.